The maximum Gasteiger partial charge on any atom is 0.237 e. The molecule has 106 valence electrons. The molecular formula is C15H24N2O2. The van der Waals surface area contributed by atoms with Crippen molar-refractivity contribution >= 4 is 12.2 Å². The Hall–Kier alpha value is -1.24. The molecule has 0 aliphatic heterocycles. The molecule has 19 heavy (non-hydrogen) atoms. The fraction of sp³-hybridized carbons (Fsp3) is 0.867. The highest BCUT2D eigenvalue weighted by Crippen LogP contribution is 2.28. The summed E-state index contributed by atoms with van der Waals surface area (Å²) in [6, 6.07) is 0. The molecule has 0 bridgehead atoms. The van der Waals surface area contributed by atoms with E-state index < -0.39 is 6.17 Å². The third-order valence-corrected chi connectivity index (χ3v) is 3.94. The van der Waals surface area contributed by atoms with E-state index in [-0.39, 0.29) is 5.92 Å². The molecular weight excluding hydrogens is 240 g/mol. The molecule has 2 aliphatic rings. The molecule has 0 saturated heterocycles. The average Bonchev–Trinajstić information content (AvgIpc) is 2.50. The molecule has 0 unspecified atom stereocenters. The molecule has 4 heteroatoms. The van der Waals surface area contributed by atoms with E-state index >= 15 is 0 Å². The van der Waals surface area contributed by atoms with Gasteiger partial charge in [0.2, 0.25) is 12.2 Å². The van der Waals surface area contributed by atoms with Crippen LogP contribution in [-0.2, 0) is 9.59 Å². The van der Waals surface area contributed by atoms with Gasteiger partial charge in [-0.1, -0.05) is 57.8 Å². The van der Waals surface area contributed by atoms with E-state index in [0.717, 1.165) is 25.7 Å². The van der Waals surface area contributed by atoms with Gasteiger partial charge in [0.05, 0.1) is 0 Å². The molecule has 0 heterocycles. The molecule has 2 rings (SSSR count). The second-order valence-electron chi connectivity index (χ2n) is 5.37. The van der Waals surface area contributed by atoms with Crippen molar-refractivity contribution in [3.05, 3.63) is 0 Å². The Morgan fingerprint density at radius 1 is 0.684 bits per heavy atom. The summed E-state index contributed by atoms with van der Waals surface area (Å²) >= 11 is 0. The lowest BCUT2D eigenvalue weighted by molar-refractivity contribution is 0.310. The third-order valence-electron chi connectivity index (χ3n) is 3.94. The van der Waals surface area contributed by atoms with E-state index in [0.29, 0.717) is 0 Å². The summed E-state index contributed by atoms with van der Waals surface area (Å²) in [5.74, 6) is 0.233. The second kappa shape index (κ2) is 10.7. The number of carbonyl (C=O) groups excluding carboxylic acids is 2. The standard InChI is InChI=1S/C9H12N2O2.C6H12/c12-6-10-9(11-7-13)8-4-2-1-3-5-8;1-2-4-6-5-3-1/h8-9H,1-5H2;1-6H2. The summed E-state index contributed by atoms with van der Waals surface area (Å²) < 4.78 is 0. The zero-order valence-electron chi connectivity index (χ0n) is 11.6. The van der Waals surface area contributed by atoms with Crippen LogP contribution in [0.5, 0.6) is 0 Å². The van der Waals surface area contributed by atoms with Crippen LogP contribution in [0.15, 0.2) is 9.98 Å². The molecule has 0 aromatic heterocycles. The number of rotatable bonds is 3. The van der Waals surface area contributed by atoms with Crippen LogP contribution in [0.25, 0.3) is 0 Å². The van der Waals surface area contributed by atoms with E-state index in [1.54, 1.807) is 0 Å². The maximum atomic E-state index is 10.1. The molecule has 0 radical (unpaired) electrons. The maximum absolute atomic E-state index is 10.1. The predicted molar refractivity (Wildman–Crippen MR) is 74.3 cm³/mol. The molecule has 0 N–H and O–H groups in total. The molecule has 0 aromatic carbocycles. The van der Waals surface area contributed by atoms with Crippen LogP contribution in [0.2, 0.25) is 0 Å². The number of hydrogen-bond donors (Lipinski definition) is 0. The zero-order chi connectivity index (χ0) is 13.8. The van der Waals surface area contributed by atoms with Gasteiger partial charge in [-0.05, 0) is 12.8 Å². The predicted octanol–water partition coefficient (Wildman–Crippen LogP) is 3.91. The minimum Gasteiger partial charge on any atom is -0.211 e. The molecule has 2 saturated carbocycles. The smallest absolute Gasteiger partial charge is 0.211 e. The van der Waals surface area contributed by atoms with Gasteiger partial charge in [-0.25, -0.2) is 9.59 Å². The van der Waals surface area contributed by atoms with Gasteiger partial charge in [0.1, 0.15) is 0 Å². The SMILES string of the molecule is C1CCCCC1.O=C=NC(N=C=O)C1CCCCC1. The van der Waals surface area contributed by atoms with Gasteiger partial charge in [-0.15, -0.1) is 0 Å². The lowest BCUT2D eigenvalue weighted by atomic mass is 9.87. The van der Waals surface area contributed by atoms with E-state index in [1.165, 1.54) is 57.1 Å². The van der Waals surface area contributed by atoms with Crippen LogP contribution in [0, 0.1) is 5.92 Å². The number of nitrogens with zero attached hydrogens (tertiary/aromatic N) is 2. The third kappa shape index (κ3) is 7.05. The highest BCUT2D eigenvalue weighted by molar-refractivity contribution is 5.37. The number of aliphatic imine (C=N–C) groups is 2. The van der Waals surface area contributed by atoms with Crippen LogP contribution in [-0.4, -0.2) is 18.3 Å². The Bertz CT molecular complexity index is 292. The quantitative estimate of drug-likeness (QED) is 0.573. The van der Waals surface area contributed by atoms with Gasteiger partial charge in [0.15, 0.2) is 6.17 Å². The fourth-order valence-electron chi connectivity index (χ4n) is 2.84. The van der Waals surface area contributed by atoms with Gasteiger partial charge in [0.25, 0.3) is 0 Å². The molecule has 0 aromatic rings. The van der Waals surface area contributed by atoms with Gasteiger partial charge >= 0.3 is 0 Å². The summed E-state index contributed by atoms with van der Waals surface area (Å²) in [5, 5.41) is 0. The summed E-state index contributed by atoms with van der Waals surface area (Å²) in [5.41, 5.74) is 0. The molecule has 4 nitrogen and oxygen atoms in total. The normalized spacial score (nSPS) is 21.1. The van der Waals surface area contributed by atoms with E-state index in [4.69, 9.17) is 0 Å². The summed E-state index contributed by atoms with van der Waals surface area (Å²) in [4.78, 5) is 27.1. The van der Waals surface area contributed by atoms with Crippen LogP contribution >= 0.6 is 0 Å². The Kier molecular flexibility index (Phi) is 8.87. The first-order valence-electron chi connectivity index (χ1n) is 7.52. The van der Waals surface area contributed by atoms with Gasteiger partial charge in [-0.3, -0.25) is 0 Å². The number of hydrogen-bond acceptors (Lipinski definition) is 4. The molecule has 0 amide bonds. The van der Waals surface area contributed by atoms with Crippen LogP contribution < -0.4 is 0 Å². The molecule has 0 spiro atoms. The van der Waals surface area contributed by atoms with Crippen molar-refractivity contribution in [3.63, 3.8) is 0 Å². The van der Waals surface area contributed by atoms with Crippen molar-refractivity contribution in [2.24, 2.45) is 15.9 Å². The van der Waals surface area contributed by atoms with Gasteiger partial charge in [-0.2, -0.15) is 9.98 Å². The van der Waals surface area contributed by atoms with Crippen LogP contribution in [0.4, 0.5) is 0 Å². The summed E-state index contributed by atoms with van der Waals surface area (Å²) in [7, 11) is 0. The first-order valence-corrected chi connectivity index (χ1v) is 7.52. The minimum atomic E-state index is -0.532. The average molecular weight is 264 g/mol. The van der Waals surface area contributed by atoms with Crippen molar-refractivity contribution in [1.82, 2.24) is 0 Å². The van der Waals surface area contributed by atoms with Crippen LogP contribution in [0.3, 0.4) is 0 Å². The Morgan fingerprint density at radius 2 is 1.05 bits per heavy atom. The highest BCUT2D eigenvalue weighted by atomic mass is 16.1. The highest BCUT2D eigenvalue weighted by Gasteiger charge is 2.22. The lowest BCUT2D eigenvalue weighted by Gasteiger charge is -2.22. The van der Waals surface area contributed by atoms with Crippen LogP contribution in [0.1, 0.15) is 70.6 Å². The Balaban J connectivity index is 0.000000250. The molecule has 2 fully saturated rings. The van der Waals surface area contributed by atoms with E-state index in [2.05, 4.69) is 9.98 Å². The van der Waals surface area contributed by atoms with Crippen molar-refractivity contribution in [2.45, 2.75) is 76.8 Å². The minimum absolute atomic E-state index is 0.233. The van der Waals surface area contributed by atoms with Gasteiger partial charge < -0.3 is 0 Å². The molecule has 0 atom stereocenters. The van der Waals surface area contributed by atoms with E-state index in [9.17, 15) is 9.59 Å². The largest absolute Gasteiger partial charge is 0.237 e. The van der Waals surface area contributed by atoms with E-state index in [1.807, 2.05) is 0 Å². The van der Waals surface area contributed by atoms with Crippen molar-refractivity contribution in [1.29, 1.82) is 0 Å². The molecule has 2 aliphatic carbocycles. The topological polar surface area (TPSA) is 58.9 Å². The summed E-state index contributed by atoms with van der Waals surface area (Å²) in [6.07, 6.45) is 16.8. The van der Waals surface area contributed by atoms with Gasteiger partial charge in [0, 0.05) is 5.92 Å². The fourth-order valence-corrected chi connectivity index (χ4v) is 2.84. The zero-order valence-corrected chi connectivity index (χ0v) is 11.6. The second-order valence-corrected chi connectivity index (χ2v) is 5.37. The van der Waals surface area contributed by atoms with Crippen molar-refractivity contribution in [3.8, 4) is 0 Å². The Labute approximate surface area is 115 Å². The Morgan fingerprint density at radius 3 is 1.42 bits per heavy atom. The first-order chi connectivity index (χ1) is 9.38. The van der Waals surface area contributed by atoms with Crippen molar-refractivity contribution in [2.75, 3.05) is 0 Å². The monoisotopic (exact) mass is 264 g/mol. The first kappa shape index (κ1) is 15.8. The lowest BCUT2D eigenvalue weighted by Crippen LogP contribution is -2.19. The van der Waals surface area contributed by atoms with Crippen molar-refractivity contribution < 1.29 is 9.59 Å². The number of isocyanates is 2. The summed E-state index contributed by atoms with van der Waals surface area (Å²) in [6.45, 7) is 0.